The molecule has 5 heteroatoms. The van der Waals surface area contributed by atoms with E-state index in [0.717, 1.165) is 15.6 Å². The molecular weight excluding hydrogens is 338 g/mol. The predicted octanol–water partition coefficient (Wildman–Crippen LogP) is 2.92. The number of benzene rings is 1. The van der Waals surface area contributed by atoms with Crippen LogP contribution in [0.1, 0.15) is 10.4 Å². The maximum atomic E-state index is 11.9. The summed E-state index contributed by atoms with van der Waals surface area (Å²) in [5.41, 5.74) is 0.649. The molecule has 0 aliphatic carbocycles. The Morgan fingerprint density at radius 3 is 2.69 bits per heavy atom. The van der Waals surface area contributed by atoms with Crippen LogP contribution in [0.25, 0.3) is 0 Å². The van der Waals surface area contributed by atoms with E-state index in [1.807, 2.05) is 0 Å². The van der Waals surface area contributed by atoms with Crippen LogP contribution in [0.3, 0.4) is 0 Å². The van der Waals surface area contributed by atoms with Crippen molar-refractivity contribution in [3.63, 3.8) is 0 Å². The number of nitrogens with zero attached hydrogens (tertiary/aromatic N) is 1. The third-order valence-electron chi connectivity index (χ3n) is 2.17. The average molecular weight is 351 g/mol. The van der Waals surface area contributed by atoms with Crippen LogP contribution in [0.4, 0.5) is 0 Å². The number of hydrogen-bond donors (Lipinski definition) is 0. The molecule has 0 atom stereocenters. The topological polar surface area (TPSA) is 29.5 Å². The summed E-state index contributed by atoms with van der Waals surface area (Å²) in [7, 11) is 3.38. The lowest BCUT2D eigenvalue weighted by Crippen LogP contribution is -2.28. The van der Waals surface area contributed by atoms with Gasteiger partial charge in [0.05, 0.1) is 11.6 Å². The molecule has 0 bridgehead atoms. The molecule has 0 aliphatic heterocycles. The molecule has 1 aromatic carbocycles. The number of methoxy groups -OCH3 is 1. The summed E-state index contributed by atoms with van der Waals surface area (Å²) in [6.45, 7) is 0.683. The van der Waals surface area contributed by atoms with E-state index >= 15 is 0 Å². The molecule has 1 rings (SSSR count). The fourth-order valence-electron chi connectivity index (χ4n) is 1.25. The Morgan fingerprint density at radius 2 is 2.19 bits per heavy atom. The first-order chi connectivity index (χ1) is 7.60. The summed E-state index contributed by atoms with van der Waals surface area (Å²) in [5.74, 6) is 0.725. The van der Waals surface area contributed by atoms with Crippen molar-refractivity contribution in [2.45, 2.75) is 0 Å². The molecule has 0 saturated heterocycles. The lowest BCUT2D eigenvalue weighted by Gasteiger charge is -2.16. The number of alkyl halides is 1. The quantitative estimate of drug-likeness (QED) is 0.781. The normalized spacial score (nSPS) is 10.0. The zero-order valence-corrected chi connectivity index (χ0v) is 12.3. The van der Waals surface area contributed by atoms with Crippen LogP contribution in [0.15, 0.2) is 22.7 Å². The predicted molar refractivity (Wildman–Crippen MR) is 71.4 cm³/mol. The molecule has 0 spiro atoms. The number of halogens is 2. The zero-order valence-electron chi connectivity index (χ0n) is 9.17. The summed E-state index contributed by atoms with van der Waals surface area (Å²) in [6.07, 6.45) is 0. The van der Waals surface area contributed by atoms with Gasteiger partial charge in [0.15, 0.2) is 0 Å². The number of ether oxygens (including phenoxy) is 1. The number of rotatable bonds is 4. The number of hydrogen-bond acceptors (Lipinski definition) is 2. The summed E-state index contributed by atoms with van der Waals surface area (Å²) in [4.78, 5) is 13.6. The molecule has 0 saturated carbocycles. The minimum absolute atomic E-state index is 0.00260. The van der Waals surface area contributed by atoms with Crippen molar-refractivity contribution in [3.05, 3.63) is 28.2 Å². The van der Waals surface area contributed by atoms with E-state index in [4.69, 9.17) is 4.74 Å². The standard InChI is InChI=1S/C11H13Br2NO2/c1-14(6-5-12)11(15)8-3-4-10(16-2)9(13)7-8/h3-4,7H,5-6H2,1-2H3. The van der Waals surface area contributed by atoms with Crippen LogP contribution in [0.2, 0.25) is 0 Å². The Labute approximate surface area is 112 Å². The second kappa shape index (κ2) is 6.25. The van der Waals surface area contributed by atoms with E-state index < -0.39 is 0 Å². The molecule has 16 heavy (non-hydrogen) atoms. The maximum absolute atomic E-state index is 11.9. The van der Waals surface area contributed by atoms with E-state index in [1.54, 1.807) is 37.3 Å². The van der Waals surface area contributed by atoms with Gasteiger partial charge in [-0.05, 0) is 34.1 Å². The van der Waals surface area contributed by atoms with Crippen molar-refractivity contribution in [2.75, 3.05) is 26.0 Å². The van der Waals surface area contributed by atoms with Gasteiger partial charge in [0.25, 0.3) is 5.91 Å². The summed E-state index contributed by atoms with van der Waals surface area (Å²) in [6, 6.07) is 5.31. The first-order valence-electron chi connectivity index (χ1n) is 4.75. The largest absolute Gasteiger partial charge is 0.496 e. The Balaban J connectivity index is 2.88. The number of amides is 1. The Hall–Kier alpha value is -0.550. The summed E-state index contributed by atoms with van der Waals surface area (Å²) in [5, 5.41) is 0.770. The monoisotopic (exact) mass is 349 g/mol. The molecule has 1 amide bonds. The van der Waals surface area contributed by atoms with E-state index in [1.165, 1.54) is 0 Å². The van der Waals surface area contributed by atoms with Crippen molar-refractivity contribution in [2.24, 2.45) is 0 Å². The van der Waals surface area contributed by atoms with Crippen LogP contribution < -0.4 is 4.74 Å². The highest BCUT2D eigenvalue weighted by atomic mass is 79.9. The van der Waals surface area contributed by atoms with Crippen LogP contribution in [-0.4, -0.2) is 36.8 Å². The molecule has 0 heterocycles. The highest BCUT2D eigenvalue weighted by Crippen LogP contribution is 2.25. The van der Waals surface area contributed by atoms with E-state index in [-0.39, 0.29) is 5.91 Å². The minimum atomic E-state index is 0.00260. The van der Waals surface area contributed by atoms with Crippen molar-refractivity contribution in [1.29, 1.82) is 0 Å². The van der Waals surface area contributed by atoms with Crippen LogP contribution in [-0.2, 0) is 0 Å². The highest BCUT2D eigenvalue weighted by molar-refractivity contribution is 9.10. The second-order valence-electron chi connectivity index (χ2n) is 3.27. The van der Waals surface area contributed by atoms with Crippen LogP contribution in [0, 0.1) is 0 Å². The molecule has 0 radical (unpaired) electrons. The van der Waals surface area contributed by atoms with Crippen LogP contribution >= 0.6 is 31.9 Å². The molecule has 0 aromatic heterocycles. The fourth-order valence-corrected chi connectivity index (χ4v) is 2.32. The SMILES string of the molecule is COc1ccc(C(=O)N(C)CCBr)cc1Br. The first kappa shape index (κ1) is 13.5. The molecule has 0 unspecified atom stereocenters. The second-order valence-corrected chi connectivity index (χ2v) is 4.91. The van der Waals surface area contributed by atoms with E-state index in [0.29, 0.717) is 12.1 Å². The van der Waals surface area contributed by atoms with Gasteiger partial charge < -0.3 is 9.64 Å². The average Bonchev–Trinajstić information content (AvgIpc) is 2.28. The third kappa shape index (κ3) is 3.22. The van der Waals surface area contributed by atoms with E-state index in [2.05, 4.69) is 31.9 Å². The van der Waals surface area contributed by atoms with Gasteiger partial charge in [0.2, 0.25) is 0 Å². The molecule has 1 aromatic rings. The maximum Gasteiger partial charge on any atom is 0.253 e. The summed E-state index contributed by atoms with van der Waals surface area (Å²) < 4.78 is 5.89. The number of carbonyl (C=O) groups excluding carboxylic acids is 1. The Morgan fingerprint density at radius 1 is 1.50 bits per heavy atom. The van der Waals surface area contributed by atoms with Gasteiger partial charge in [-0.3, -0.25) is 4.79 Å². The van der Waals surface area contributed by atoms with Gasteiger partial charge in [0.1, 0.15) is 5.75 Å². The molecule has 3 nitrogen and oxygen atoms in total. The van der Waals surface area contributed by atoms with Crippen molar-refractivity contribution >= 4 is 37.8 Å². The molecule has 0 aliphatic rings. The van der Waals surface area contributed by atoms with Crippen molar-refractivity contribution < 1.29 is 9.53 Å². The van der Waals surface area contributed by atoms with Gasteiger partial charge in [-0.1, -0.05) is 15.9 Å². The van der Waals surface area contributed by atoms with Crippen molar-refractivity contribution in [3.8, 4) is 5.75 Å². The molecule has 88 valence electrons. The Bertz CT molecular complexity index is 382. The lowest BCUT2D eigenvalue weighted by atomic mass is 10.2. The Kier molecular flexibility index (Phi) is 5.28. The molecular formula is C11H13Br2NO2. The smallest absolute Gasteiger partial charge is 0.253 e. The highest BCUT2D eigenvalue weighted by Gasteiger charge is 2.12. The minimum Gasteiger partial charge on any atom is -0.496 e. The summed E-state index contributed by atoms with van der Waals surface area (Å²) >= 11 is 6.66. The number of carbonyl (C=O) groups is 1. The van der Waals surface area contributed by atoms with Crippen LogP contribution in [0.5, 0.6) is 5.75 Å². The lowest BCUT2D eigenvalue weighted by molar-refractivity contribution is 0.0804. The first-order valence-corrected chi connectivity index (χ1v) is 6.66. The molecule has 0 N–H and O–H groups in total. The van der Waals surface area contributed by atoms with Gasteiger partial charge >= 0.3 is 0 Å². The van der Waals surface area contributed by atoms with Gasteiger partial charge in [-0.15, -0.1) is 0 Å². The fraction of sp³-hybridized carbons (Fsp3) is 0.364. The van der Waals surface area contributed by atoms with Gasteiger partial charge in [-0.2, -0.15) is 0 Å². The zero-order chi connectivity index (χ0) is 12.1. The van der Waals surface area contributed by atoms with Gasteiger partial charge in [0, 0.05) is 24.5 Å². The van der Waals surface area contributed by atoms with Crippen molar-refractivity contribution in [1.82, 2.24) is 4.90 Å². The van der Waals surface area contributed by atoms with E-state index in [9.17, 15) is 4.79 Å². The van der Waals surface area contributed by atoms with Gasteiger partial charge in [-0.25, -0.2) is 0 Å². The molecule has 0 fully saturated rings. The third-order valence-corrected chi connectivity index (χ3v) is 3.14.